The predicted octanol–water partition coefficient (Wildman–Crippen LogP) is 3.97. The van der Waals surface area contributed by atoms with Crippen LogP contribution in [0.3, 0.4) is 0 Å². The highest BCUT2D eigenvalue weighted by Crippen LogP contribution is 2.23. The maximum atomic E-state index is 3.53. The van der Waals surface area contributed by atoms with Crippen LogP contribution in [-0.4, -0.2) is 13.1 Å². The Hall–Kier alpha value is -0.340. The van der Waals surface area contributed by atoms with Crippen LogP contribution in [0.15, 0.2) is 28.7 Å². The molecule has 0 saturated carbocycles. The van der Waals surface area contributed by atoms with Gasteiger partial charge in [0.1, 0.15) is 0 Å². The summed E-state index contributed by atoms with van der Waals surface area (Å²) in [5, 5.41) is 3.53. The van der Waals surface area contributed by atoms with E-state index in [2.05, 4.69) is 73.2 Å². The first-order valence-electron chi connectivity index (χ1n) is 5.88. The van der Waals surface area contributed by atoms with E-state index in [1.807, 2.05) is 0 Å². The average Bonchev–Trinajstić information content (AvgIpc) is 2.17. The second-order valence-corrected chi connectivity index (χ2v) is 6.33. The molecule has 1 N–H and O–H groups in total. The van der Waals surface area contributed by atoms with Crippen molar-refractivity contribution in [3.8, 4) is 0 Å². The largest absolute Gasteiger partial charge is 0.316 e. The van der Waals surface area contributed by atoms with Crippen molar-refractivity contribution in [3.05, 3.63) is 34.3 Å². The molecule has 0 aliphatic rings. The van der Waals surface area contributed by atoms with Crippen molar-refractivity contribution in [2.24, 2.45) is 5.92 Å². The van der Waals surface area contributed by atoms with Gasteiger partial charge < -0.3 is 5.32 Å². The molecular weight excluding hydrogens is 262 g/mol. The fourth-order valence-corrected chi connectivity index (χ4v) is 1.94. The van der Waals surface area contributed by atoms with E-state index < -0.39 is 0 Å². The van der Waals surface area contributed by atoms with Gasteiger partial charge in [-0.25, -0.2) is 0 Å². The van der Waals surface area contributed by atoms with Gasteiger partial charge in [0.05, 0.1) is 0 Å². The minimum Gasteiger partial charge on any atom is -0.316 e. The van der Waals surface area contributed by atoms with E-state index in [0.717, 1.165) is 17.6 Å². The van der Waals surface area contributed by atoms with Crippen LogP contribution in [0.5, 0.6) is 0 Å². The molecule has 2 heteroatoms. The minimum absolute atomic E-state index is 0.190. The Balaban J connectivity index is 2.59. The predicted molar refractivity (Wildman–Crippen MR) is 74.9 cm³/mol. The Bertz CT molecular complexity index is 314. The van der Waals surface area contributed by atoms with Crippen LogP contribution >= 0.6 is 15.9 Å². The molecule has 90 valence electrons. The topological polar surface area (TPSA) is 12.0 Å². The summed E-state index contributed by atoms with van der Waals surface area (Å²) >= 11 is 3.47. The maximum Gasteiger partial charge on any atom is 0.0175 e. The van der Waals surface area contributed by atoms with Gasteiger partial charge in [-0.05, 0) is 30.2 Å². The molecule has 1 aromatic rings. The third kappa shape index (κ3) is 4.26. The Morgan fingerprint density at radius 2 is 1.75 bits per heavy atom. The van der Waals surface area contributed by atoms with Crippen LogP contribution in [0.2, 0.25) is 0 Å². The molecule has 16 heavy (non-hydrogen) atoms. The van der Waals surface area contributed by atoms with Gasteiger partial charge in [-0.15, -0.1) is 0 Å². The third-order valence-corrected chi connectivity index (χ3v) is 3.27. The Kier molecular flexibility index (Phi) is 5.00. The van der Waals surface area contributed by atoms with Crippen molar-refractivity contribution < 1.29 is 0 Å². The molecule has 0 unspecified atom stereocenters. The lowest BCUT2D eigenvalue weighted by molar-refractivity contribution is 0.443. The highest BCUT2D eigenvalue weighted by molar-refractivity contribution is 9.10. The molecule has 1 nitrogen and oxygen atoms in total. The average molecular weight is 284 g/mol. The molecule has 0 aliphatic heterocycles. The fourth-order valence-electron chi connectivity index (χ4n) is 1.68. The van der Waals surface area contributed by atoms with Gasteiger partial charge in [0.2, 0.25) is 0 Å². The van der Waals surface area contributed by atoms with Gasteiger partial charge in [-0.2, -0.15) is 0 Å². The van der Waals surface area contributed by atoms with E-state index in [9.17, 15) is 0 Å². The normalized spacial score (nSPS) is 12.1. The lowest BCUT2D eigenvalue weighted by atomic mass is 9.84. The van der Waals surface area contributed by atoms with E-state index >= 15 is 0 Å². The van der Waals surface area contributed by atoms with Gasteiger partial charge in [-0.3, -0.25) is 0 Å². The number of rotatable bonds is 5. The Morgan fingerprint density at radius 1 is 1.19 bits per heavy atom. The van der Waals surface area contributed by atoms with Gasteiger partial charge in [0, 0.05) is 16.4 Å². The highest BCUT2D eigenvalue weighted by Gasteiger charge is 2.19. The Morgan fingerprint density at radius 3 is 2.25 bits per heavy atom. The molecule has 0 aliphatic carbocycles. The summed E-state index contributed by atoms with van der Waals surface area (Å²) in [7, 11) is 0. The summed E-state index contributed by atoms with van der Waals surface area (Å²) in [6, 6.07) is 8.61. The van der Waals surface area contributed by atoms with E-state index in [4.69, 9.17) is 0 Å². The number of nitrogens with one attached hydrogen (secondary N) is 1. The molecule has 0 amide bonds. The highest BCUT2D eigenvalue weighted by atomic mass is 79.9. The Labute approximate surface area is 108 Å². The second-order valence-electron chi connectivity index (χ2n) is 5.42. The monoisotopic (exact) mass is 283 g/mol. The first kappa shape index (κ1) is 13.7. The molecule has 0 radical (unpaired) electrons. The molecule has 0 bridgehead atoms. The number of hydrogen-bond acceptors (Lipinski definition) is 1. The fraction of sp³-hybridized carbons (Fsp3) is 0.571. The number of benzene rings is 1. The molecule has 0 spiro atoms. The van der Waals surface area contributed by atoms with Crippen LogP contribution in [0.25, 0.3) is 0 Å². The van der Waals surface area contributed by atoms with Crippen molar-refractivity contribution in [2.75, 3.05) is 13.1 Å². The molecule has 1 rings (SSSR count). The summed E-state index contributed by atoms with van der Waals surface area (Å²) in [5.74, 6) is 0.709. The zero-order valence-electron chi connectivity index (χ0n) is 10.7. The molecule has 1 aromatic carbocycles. The standard InChI is InChI=1S/C14H22BrN/c1-11(2)9-16-10-14(3,4)12-5-7-13(15)8-6-12/h5-8,11,16H,9-10H2,1-4H3. The summed E-state index contributed by atoms with van der Waals surface area (Å²) in [6.45, 7) is 11.1. The lowest BCUT2D eigenvalue weighted by Gasteiger charge is -2.26. The zero-order chi connectivity index (χ0) is 12.2. The molecule has 0 atom stereocenters. The van der Waals surface area contributed by atoms with Gasteiger partial charge in [0.15, 0.2) is 0 Å². The van der Waals surface area contributed by atoms with E-state index in [-0.39, 0.29) is 5.41 Å². The second kappa shape index (κ2) is 5.83. The summed E-state index contributed by atoms with van der Waals surface area (Å²) in [6.07, 6.45) is 0. The quantitative estimate of drug-likeness (QED) is 0.862. The third-order valence-electron chi connectivity index (χ3n) is 2.75. The maximum absolute atomic E-state index is 3.53. The SMILES string of the molecule is CC(C)CNCC(C)(C)c1ccc(Br)cc1. The van der Waals surface area contributed by atoms with Crippen LogP contribution in [0.4, 0.5) is 0 Å². The van der Waals surface area contributed by atoms with Gasteiger partial charge in [0.25, 0.3) is 0 Å². The van der Waals surface area contributed by atoms with E-state index in [0.29, 0.717) is 5.92 Å². The molecule has 0 aromatic heterocycles. The van der Waals surface area contributed by atoms with Gasteiger partial charge in [-0.1, -0.05) is 55.8 Å². The molecule has 0 heterocycles. The number of hydrogen-bond donors (Lipinski definition) is 1. The first-order chi connectivity index (χ1) is 7.42. The lowest BCUT2D eigenvalue weighted by Crippen LogP contribution is -2.34. The zero-order valence-corrected chi connectivity index (χ0v) is 12.3. The van der Waals surface area contributed by atoms with Crippen LogP contribution < -0.4 is 5.32 Å². The molecular formula is C14H22BrN. The van der Waals surface area contributed by atoms with Crippen LogP contribution in [0, 0.1) is 5.92 Å². The van der Waals surface area contributed by atoms with Crippen LogP contribution in [0.1, 0.15) is 33.3 Å². The molecule has 0 fully saturated rings. The number of halogens is 1. The van der Waals surface area contributed by atoms with Crippen molar-refractivity contribution in [1.29, 1.82) is 0 Å². The molecule has 0 saturated heterocycles. The summed E-state index contributed by atoms with van der Waals surface area (Å²) in [4.78, 5) is 0. The summed E-state index contributed by atoms with van der Waals surface area (Å²) < 4.78 is 1.14. The minimum atomic E-state index is 0.190. The summed E-state index contributed by atoms with van der Waals surface area (Å²) in [5.41, 5.74) is 1.57. The smallest absolute Gasteiger partial charge is 0.0175 e. The van der Waals surface area contributed by atoms with E-state index in [1.54, 1.807) is 0 Å². The van der Waals surface area contributed by atoms with Crippen molar-refractivity contribution in [2.45, 2.75) is 33.1 Å². The van der Waals surface area contributed by atoms with Gasteiger partial charge >= 0.3 is 0 Å². The van der Waals surface area contributed by atoms with Crippen molar-refractivity contribution in [3.63, 3.8) is 0 Å². The van der Waals surface area contributed by atoms with Crippen molar-refractivity contribution in [1.82, 2.24) is 5.32 Å². The first-order valence-corrected chi connectivity index (χ1v) is 6.68. The van der Waals surface area contributed by atoms with Crippen LogP contribution in [-0.2, 0) is 5.41 Å². The van der Waals surface area contributed by atoms with Crippen molar-refractivity contribution >= 4 is 15.9 Å². The van der Waals surface area contributed by atoms with E-state index in [1.165, 1.54) is 5.56 Å².